The molecule has 0 spiro atoms. The van der Waals surface area contributed by atoms with Crippen LogP contribution in [0.25, 0.3) is 0 Å². The van der Waals surface area contributed by atoms with Crippen LogP contribution in [0.15, 0.2) is 18.2 Å². The molecule has 1 aliphatic rings. The number of nitrogens with two attached hydrogens (primary N) is 1. The van der Waals surface area contributed by atoms with E-state index in [1.54, 1.807) is 0 Å². The van der Waals surface area contributed by atoms with Crippen molar-refractivity contribution in [3.63, 3.8) is 0 Å². The van der Waals surface area contributed by atoms with Crippen LogP contribution >= 0.6 is 0 Å². The van der Waals surface area contributed by atoms with Gasteiger partial charge in [-0.15, -0.1) is 0 Å². The minimum Gasteiger partial charge on any atom is -0.368 e. The highest BCUT2D eigenvalue weighted by Gasteiger charge is 2.33. The van der Waals surface area contributed by atoms with Gasteiger partial charge in [-0.25, -0.2) is 0 Å². The smallest absolute Gasteiger partial charge is 0.237 e. The molecule has 91 valence electrons. The summed E-state index contributed by atoms with van der Waals surface area (Å²) in [5, 5.41) is 0. The lowest BCUT2D eigenvalue weighted by Crippen LogP contribution is -2.54. The highest BCUT2D eigenvalue weighted by molar-refractivity contribution is 5.83. The lowest BCUT2D eigenvalue weighted by atomic mass is 10.0. The minimum absolute atomic E-state index is 0.255. The lowest BCUT2D eigenvalue weighted by Gasteiger charge is -2.34. The van der Waals surface area contributed by atoms with Crippen LogP contribution in [0.1, 0.15) is 25.0 Å². The Morgan fingerprint density at radius 2 is 2.00 bits per heavy atom. The van der Waals surface area contributed by atoms with E-state index in [9.17, 15) is 4.79 Å². The van der Waals surface area contributed by atoms with Gasteiger partial charge in [0.15, 0.2) is 0 Å². The highest BCUT2D eigenvalue weighted by atomic mass is 16.1. The van der Waals surface area contributed by atoms with E-state index in [0.29, 0.717) is 0 Å². The van der Waals surface area contributed by atoms with Crippen LogP contribution in [0.4, 0.5) is 0 Å². The van der Waals surface area contributed by atoms with Gasteiger partial charge >= 0.3 is 0 Å². The topological polar surface area (TPSA) is 46.3 Å². The van der Waals surface area contributed by atoms with Crippen molar-refractivity contribution in [1.29, 1.82) is 0 Å². The third-order valence-corrected chi connectivity index (χ3v) is 3.75. The van der Waals surface area contributed by atoms with Crippen LogP contribution in [0.2, 0.25) is 0 Å². The quantitative estimate of drug-likeness (QED) is 0.830. The highest BCUT2D eigenvalue weighted by Crippen LogP contribution is 2.21. The number of primary amides is 1. The monoisotopic (exact) mass is 231 g/mol. The minimum atomic E-state index is -0.564. The summed E-state index contributed by atoms with van der Waals surface area (Å²) in [7, 11) is 0. The van der Waals surface area contributed by atoms with Gasteiger partial charge in [-0.05, 0) is 43.9 Å². The molecule has 2 N–H and O–H groups in total. The number of rotatable bonds is 2. The molecule has 0 fully saturated rings. The third-order valence-electron chi connectivity index (χ3n) is 3.75. The van der Waals surface area contributed by atoms with Crippen LogP contribution in [0, 0.1) is 6.07 Å². The molecule has 1 aromatic carbocycles. The van der Waals surface area contributed by atoms with E-state index in [1.165, 1.54) is 11.1 Å². The number of hydrogen-bond acceptors (Lipinski definition) is 2. The van der Waals surface area contributed by atoms with Crippen molar-refractivity contribution in [3.8, 4) is 0 Å². The molecule has 17 heavy (non-hydrogen) atoms. The summed E-state index contributed by atoms with van der Waals surface area (Å²) in [6.45, 7) is 5.56. The molecular weight excluding hydrogens is 212 g/mol. The van der Waals surface area contributed by atoms with Gasteiger partial charge in [-0.3, -0.25) is 9.69 Å². The summed E-state index contributed by atoms with van der Waals surface area (Å²) in [4.78, 5) is 13.7. The van der Waals surface area contributed by atoms with Crippen molar-refractivity contribution in [2.24, 2.45) is 5.73 Å². The largest absolute Gasteiger partial charge is 0.368 e. The molecule has 0 bridgehead atoms. The second-order valence-corrected chi connectivity index (χ2v) is 5.11. The fraction of sp³-hybridized carbons (Fsp3) is 0.500. The van der Waals surface area contributed by atoms with E-state index in [1.807, 2.05) is 19.9 Å². The number of fused-ring (bicyclic) bond motifs is 1. The maximum Gasteiger partial charge on any atom is 0.237 e. The van der Waals surface area contributed by atoms with E-state index in [-0.39, 0.29) is 5.91 Å². The molecule has 0 atom stereocenters. The third kappa shape index (κ3) is 2.34. The fourth-order valence-electron chi connectivity index (χ4n) is 2.31. The zero-order valence-corrected chi connectivity index (χ0v) is 10.5. The van der Waals surface area contributed by atoms with Crippen molar-refractivity contribution in [3.05, 3.63) is 35.4 Å². The Morgan fingerprint density at radius 3 is 2.65 bits per heavy atom. The average molecular weight is 231 g/mol. The van der Waals surface area contributed by atoms with Crippen molar-refractivity contribution in [1.82, 2.24) is 4.90 Å². The molecule has 2 rings (SSSR count). The van der Waals surface area contributed by atoms with Crippen LogP contribution < -0.4 is 5.73 Å². The summed E-state index contributed by atoms with van der Waals surface area (Å²) in [5.74, 6) is -0.255. The Hall–Kier alpha value is -1.35. The van der Waals surface area contributed by atoms with Crippen molar-refractivity contribution in [2.45, 2.75) is 32.2 Å². The first-order valence-electron chi connectivity index (χ1n) is 6.04. The Kier molecular flexibility index (Phi) is 3.20. The molecular formula is C14H19N2O. The molecule has 1 amide bonds. The summed E-state index contributed by atoms with van der Waals surface area (Å²) in [6, 6.07) is 9.24. The second kappa shape index (κ2) is 4.49. The fourth-order valence-corrected chi connectivity index (χ4v) is 2.31. The maximum atomic E-state index is 11.5. The molecule has 1 radical (unpaired) electrons. The Balaban J connectivity index is 2.17. The normalized spacial score (nSPS) is 17.3. The van der Waals surface area contributed by atoms with Gasteiger partial charge in [-0.2, -0.15) is 0 Å². The number of carbonyl (C=O) groups excluding carboxylic acids is 1. The standard InChI is InChI=1S/C14H19N2O/c1-14(2,13(15)17)16-9-7-11-5-3-4-6-12(11)8-10-16/h3,5-6H,7-10H2,1-2H3,(H2,15,17). The zero-order chi connectivity index (χ0) is 12.5. The van der Waals surface area contributed by atoms with E-state index in [0.717, 1.165) is 25.9 Å². The van der Waals surface area contributed by atoms with Gasteiger partial charge in [0.2, 0.25) is 5.91 Å². The molecule has 3 nitrogen and oxygen atoms in total. The molecule has 0 aliphatic carbocycles. The number of amides is 1. The lowest BCUT2D eigenvalue weighted by molar-refractivity contribution is -0.128. The first-order valence-corrected chi connectivity index (χ1v) is 6.04. The first kappa shape index (κ1) is 12.1. The SMILES string of the molecule is CC(C)(C(N)=O)N1CCc2c[c]ccc2CC1. The molecule has 0 saturated carbocycles. The van der Waals surface area contributed by atoms with E-state index < -0.39 is 5.54 Å². The van der Waals surface area contributed by atoms with Gasteiger partial charge in [0.25, 0.3) is 0 Å². The van der Waals surface area contributed by atoms with Crippen LogP contribution in [0.5, 0.6) is 0 Å². The number of carbonyl (C=O) groups is 1. The van der Waals surface area contributed by atoms with Crippen LogP contribution in [0.3, 0.4) is 0 Å². The molecule has 0 aromatic heterocycles. The predicted molar refractivity (Wildman–Crippen MR) is 67.5 cm³/mol. The first-order chi connectivity index (χ1) is 8.01. The molecule has 1 heterocycles. The molecule has 3 heteroatoms. The molecule has 1 aromatic rings. The number of nitrogens with zero attached hydrogens (tertiary/aromatic N) is 1. The second-order valence-electron chi connectivity index (χ2n) is 5.11. The Labute approximate surface area is 103 Å². The molecule has 0 saturated heterocycles. The van der Waals surface area contributed by atoms with Crippen molar-refractivity contribution in [2.75, 3.05) is 13.1 Å². The van der Waals surface area contributed by atoms with Crippen molar-refractivity contribution < 1.29 is 4.79 Å². The number of benzene rings is 1. The van der Waals surface area contributed by atoms with Crippen LogP contribution in [-0.4, -0.2) is 29.4 Å². The zero-order valence-electron chi connectivity index (χ0n) is 10.5. The summed E-state index contributed by atoms with van der Waals surface area (Å²) in [5.41, 5.74) is 7.62. The van der Waals surface area contributed by atoms with E-state index in [2.05, 4.69) is 23.1 Å². The Morgan fingerprint density at radius 1 is 1.35 bits per heavy atom. The predicted octanol–water partition coefficient (Wildman–Crippen LogP) is 1.15. The van der Waals surface area contributed by atoms with Gasteiger partial charge in [0.1, 0.15) is 0 Å². The number of hydrogen-bond donors (Lipinski definition) is 1. The molecule has 1 aliphatic heterocycles. The Bertz CT molecular complexity index is 399. The van der Waals surface area contributed by atoms with E-state index in [4.69, 9.17) is 5.73 Å². The summed E-state index contributed by atoms with van der Waals surface area (Å²) < 4.78 is 0. The summed E-state index contributed by atoms with van der Waals surface area (Å²) >= 11 is 0. The van der Waals surface area contributed by atoms with Gasteiger partial charge in [0, 0.05) is 13.1 Å². The van der Waals surface area contributed by atoms with E-state index >= 15 is 0 Å². The van der Waals surface area contributed by atoms with Gasteiger partial charge in [0.05, 0.1) is 5.54 Å². The maximum absolute atomic E-state index is 11.5. The average Bonchev–Trinajstić information content (AvgIpc) is 2.51. The van der Waals surface area contributed by atoms with Crippen LogP contribution in [-0.2, 0) is 17.6 Å². The van der Waals surface area contributed by atoms with Crippen molar-refractivity contribution >= 4 is 5.91 Å². The summed E-state index contributed by atoms with van der Waals surface area (Å²) in [6.07, 6.45) is 1.93. The van der Waals surface area contributed by atoms with Gasteiger partial charge in [-0.1, -0.05) is 18.2 Å². The van der Waals surface area contributed by atoms with Gasteiger partial charge < -0.3 is 5.73 Å². The molecule has 0 unspecified atom stereocenters.